The summed E-state index contributed by atoms with van der Waals surface area (Å²) in [5.74, 6) is 0.489. The van der Waals surface area contributed by atoms with E-state index >= 15 is 0 Å². The van der Waals surface area contributed by atoms with Gasteiger partial charge in [-0.25, -0.2) is 0 Å². The Morgan fingerprint density at radius 1 is 1.19 bits per heavy atom. The fraction of sp³-hybridized carbons (Fsp3) is 0.684. The van der Waals surface area contributed by atoms with E-state index in [4.69, 9.17) is 4.74 Å². The molecule has 5 aliphatic rings. The lowest BCUT2D eigenvalue weighted by Crippen LogP contribution is -2.53. The summed E-state index contributed by atoms with van der Waals surface area (Å²) in [4.78, 5) is 0. The van der Waals surface area contributed by atoms with Crippen LogP contribution >= 0.6 is 0 Å². The molecule has 2 aliphatic heterocycles. The lowest BCUT2D eigenvalue weighted by Gasteiger charge is -2.52. The quantitative estimate of drug-likeness (QED) is 0.735. The van der Waals surface area contributed by atoms with Gasteiger partial charge >= 0.3 is 0 Å². The molecule has 1 N–H and O–H groups in total. The highest BCUT2D eigenvalue weighted by atomic mass is 16.5. The van der Waals surface area contributed by atoms with Crippen molar-refractivity contribution in [1.29, 1.82) is 0 Å². The van der Waals surface area contributed by atoms with E-state index in [1.54, 1.807) is 0 Å². The monoisotopic (exact) mass is 284 g/mol. The van der Waals surface area contributed by atoms with Crippen molar-refractivity contribution in [2.45, 2.75) is 69.2 Å². The average Bonchev–Trinajstić information content (AvgIpc) is 2.95. The number of hydrogen-bond donors (Lipinski definition) is 1. The lowest BCUT2D eigenvalue weighted by atomic mass is 9.60. The fourth-order valence-electron chi connectivity index (χ4n) is 5.98. The molecule has 2 fully saturated rings. The molecule has 0 amide bonds. The molecular weight excluding hydrogens is 260 g/mol. The van der Waals surface area contributed by atoms with E-state index in [2.05, 4.69) is 31.2 Å². The second-order valence-electron chi connectivity index (χ2n) is 8.04. The van der Waals surface area contributed by atoms with E-state index in [1.165, 1.54) is 11.1 Å². The first-order valence-corrected chi connectivity index (χ1v) is 8.57. The van der Waals surface area contributed by atoms with Crippen molar-refractivity contribution in [3.8, 4) is 0 Å². The highest BCUT2D eigenvalue weighted by Gasteiger charge is 2.65. The van der Waals surface area contributed by atoms with Gasteiger partial charge in [0.15, 0.2) is 0 Å². The van der Waals surface area contributed by atoms with Gasteiger partial charge in [0, 0.05) is 11.3 Å². The van der Waals surface area contributed by atoms with E-state index in [0.29, 0.717) is 5.92 Å². The Kier molecular flexibility index (Phi) is 2.24. The molecule has 112 valence electrons. The summed E-state index contributed by atoms with van der Waals surface area (Å²) in [6.07, 6.45) is 16.8. The SMILES string of the molecule is CC12CC=C3C=C4C=CCCC45CCC3(O5)C1CCC2O. The standard InChI is InChI=1S/C19H24O2/c1-17-9-7-14-12-13-4-2-3-8-18(13)10-11-19(14,21-18)15(17)5-6-16(17)20/h2,4,7,12,15-16,20H,3,5-6,8-11H2,1H3. The van der Waals surface area contributed by atoms with Gasteiger partial charge in [-0.05, 0) is 56.1 Å². The maximum atomic E-state index is 10.5. The molecule has 2 bridgehead atoms. The number of aliphatic hydroxyl groups excluding tert-OH is 1. The molecule has 3 aliphatic carbocycles. The first kappa shape index (κ1) is 12.7. The van der Waals surface area contributed by atoms with E-state index in [0.717, 1.165) is 44.9 Å². The van der Waals surface area contributed by atoms with Gasteiger partial charge in [0.25, 0.3) is 0 Å². The number of aliphatic hydroxyl groups is 1. The summed E-state index contributed by atoms with van der Waals surface area (Å²) >= 11 is 0. The lowest BCUT2D eigenvalue weighted by molar-refractivity contribution is -0.136. The molecule has 0 aromatic rings. The molecule has 5 unspecified atom stereocenters. The molecule has 0 aromatic heterocycles. The van der Waals surface area contributed by atoms with Crippen LogP contribution in [0.2, 0.25) is 0 Å². The Balaban J connectivity index is 1.69. The van der Waals surface area contributed by atoms with E-state index in [-0.39, 0.29) is 22.7 Å². The molecule has 2 heterocycles. The highest BCUT2D eigenvalue weighted by Crippen LogP contribution is 2.65. The van der Waals surface area contributed by atoms with E-state index in [1.807, 2.05) is 0 Å². The predicted molar refractivity (Wildman–Crippen MR) is 81.8 cm³/mol. The van der Waals surface area contributed by atoms with Crippen LogP contribution in [0.3, 0.4) is 0 Å². The van der Waals surface area contributed by atoms with E-state index in [9.17, 15) is 5.11 Å². The van der Waals surface area contributed by atoms with Crippen molar-refractivity contribution in [3.05, 3.63) is 35.5 Å². The van der Waals surface area contributed by atoms with Crippen molar-refractivity contribution in [2.24, 2.45) is 11.3 Å². The molecule has 2 spiro atoms. The smallest absolute Gasteiger partial charge is 0.0976 e. The van der Waals surface area contributed by atoms with Gasteiger partial charge in [-0.1, -0.05) is 31.2 Å². The normalized spacial score (nSPS) is 53.6. The van der Waals surface area contributed by atoms with Gasteiger partial charge in [-0.3, -0.25) is 0 Å². The van der Waals surface area contributed by atoms with Crippen molar-refractivity contribution in [2.75, 3.05) is 0 Å². The van der Waals surface area contributed by atoms with Crippen LogP contribution in [-0.4, -0.2) is 22.4 Å². The Labute approximate surface area is 126 Å². The summed E-state index contributed by atoms with van der Waals surface area (Å²) in [5.41, 5.74) is 2.71. The molecular formula is C19H24O2. The third-order valence-electron chi connectivity index (χ3n) is 7.23. The van der Waals surface area contributed by atoms with Crippen molar-refractivity contribution >= 4 is 0 Å². The molecule has 5 atom stereocenters. The third-order valence-corrected chi connectivity index (χ3v) is 7.23. The molecule has 1 saturated carbocycles. The van der Waals surface area contributed by atoms with Gasteiger partial charge in [0.1, 0.15) is 0 Å². The van der Waals surface area contributed by atoms with Crippen LogP contribution in [0, 0.1) is 11.3 Å². The van der Waals surface area contributed by atoms with Crippen molar-refractivity contribution < 1.29 is 9.84 Å². The number of ether oxygens (including phenoxy) is 1. The van der Waals surface area contributed by atoms with Gasteiger partial charge in [-0.15, -0.1) is 0 Å². The van der Waals surface area contributed by atoms with E-state index < -0.39 is 0 Å². The second-order valence-corrected chi connectivity index (χ2v) is 8.04. The summed E-state index contributed by atoms with van der Waals surface area (Å²) in [7, 11) is 0. The van der Waals surface area contributed by atoms with Crippen LogP contribution < -0.4 is 0 Å². The maximum absolute atomic E-state index is 10.5. The number of fused-ring (bicyclic) bond motifs is 1. The predicted octanol–water partition coefficient (Wildman–Crippen LogP) is 3.67. The molecule has 21 heavy (non-hydrogen) atoms. The fourth-order valence-corrected chi connectivity index (χ4v) is 5.98. The van der Waals surface area contributed by atoms with Gasteiger partial charge in [0.05, 0.1) is 17.3 Å². The summed E-state index contributed by atoms with van der Waals surface area (Å²) in [6, 6.07) is 0. The Morgan fingerprint density at radius 3 is 3.00 bits per heavy atom. The minimum atomic E-state index is -0.161. The Hall–Kier alpha value is -0.860. The van der Waals surface area contributed by atoms with Crippen LogP contribution in [0.4, 0.5) is 0 Å². The topological polar surface area (TPSA) is 29.5 Å². The highest BCUT2D eigenvalue weighted by molar-refractivity contribution is 5.50. The molecule has 2 nitrogen and oxygen atoms in total. The van der Waals surface area contributed by atoms with Crippen LogP contribution in [0.25, 0.3) is 0 Å². The molecule has 2 heteroatoms. The largest absolute Gasteiger partial charge is 0.393 e. The molecule has 5 rings (SSSR count). The minimum absolute atomic E-state index is 0.0160. The third kappa shape index (κ3) is 1.33. The zero-order valence-corrected chi connectivity index (χ0v) is 12.8. The Morgan fingerprint density at radius 2 is 2.10 bits per heavy atom. The zero-order chi connectivity index (χ0) is 14.3. The van der Waals surface area contributed by atoms with Crippen molar-refractivity contribution in [3.63, 3.8) is 0 Å². The maximum Gasteiger partial charge on any atom is 0.0976 e. The van der Waals surface area contributed by atoms with Crippen LogP contribution in [0.15, 0.2) is 35.5 Å². The molecule has 0 radical (unpaired) electrons. The summed E-state index contributed by atoms with van der Waals surface area (Å²) in [6.45, 7) is 2.28. The Bertz CT molecular complexity index is 601. The van der Waals surface area contributed by atoms with Crippen molar-refractivity contribution in [1.82, 2.24) is 0 Å². The first-order valence-electron chi connectivity index (χ1n) is 8.57. The average molecular weight is 284 g/mol. The molecule has 0 aromatic carbocycles. The van der Waals surface area contributed by atoms with Gasteiger partial charge in [0.2, 0.25) is 0 Å². The minimum Gasteiger partial charge on any atom is -0.393 e. The summed E-state index contributed by atoms with van der Waals surface area (Å²) in [5, 5.41) is 10.5. The zero-order valence-electron chi connectivity index (χ0n) is 12.8. The molecule has 1 saturated heterocycles. The van der Waals surface area contributed by atoms with Gasteiger partial charge < -0.3 is 9.84 Å². The number of hydrogen-bond acceptors (Lipinski definition) is 2. The second kappa shape index (κ2) is 3.72. The summed E-state index contributed by atoms with van der Waals surface area (Å²) < 4.78 is 6.91. The first-order chi connectivity index (χ1) is 10.1. The van der Waals surface area contributed by atoms with Crippen LogP contribution in [0.1, 0.15) is 51.9 Å². The number of allylic oxidation sites excluding steroid dienone is 2. The van der Waals surface area contributed by atoms with Gasteiger partial charge in [-0.2, -0.15) is 0 Å². The van der Waals surface area contributed by atoms with Crippen LogP contribution in [-0.2, 0) is 4.74 Å². The number of rotatable bonds is 0. The van der Waals surface area contributed by atoms with Crippen LogP contribution in [0.5, 0.6) is 0 Å².